The lowest BCUT2D eigenvalue weighted by atomic mass is 10.1. The summed E-state index contributed by atoms with van der Waals surface area (Å²) in [5.74, 6) is 0. The van der Waals surface area contributed by atoms with Gasteiger partial charge in [-0.05, 0) is 25.0 Å². The molecule has 1 fully saturated rings. The van der Waals surface area contributed by atoms with E-state index in [0.29, 0.717) is 4.90 Å². The van der Waals surface area contributed by atoms with Crippen molar-refractivity contribution in [3.8, 4) is 0 Å². The van der Waals surface area contributed by atoms with Gasteiger partial charge in [0.05, 0.1) is 4.90 Å². The number of ether oxygens (including phenoxy) is 1. The molecule has 16 heavy (non-hydrogen) atoms. The first-order valence-corrected chi connectivity index (χ1v) is 7.08. The van der Waals surface area contributed by atoms with Crippen LogP contribution in [0.5, 0.6) is 0 Å². The van der Waals surface area contributed by atoms with Crippen LogP contribution in [0.3, 0.4) is 0 Å². The topological polar surface area (TPSA) is 46.7 Å². The molecule has 0 saturated carbocycles. The predicted molar refractivity (Wildman–Crippen MR) is 61.8 cm³/mol. The van der Waals surface area contributed by atoms with Crippen molar-refractivity contribution in [2.24, 2.45) is 0 Å². The van der Waals surface area contributed by atoms with Gasteiger partial charge in [0.2, 0.25) is 9.84 Å². The summed E-state index contributed by atoms with van der Waals surface area (Å²) < 4.78 is 29.8. The van der Waals surface area contributed by atoms with Crippen LogP contribution in [0, 0.1) is 0 Å². The van der Waals surface area contributed by atoms with Gasteiger partial charge in [0.15, 0.2) is 5.44 Å². The second-order valence-electron chi connectivity index (χ2n) is 4.08. The number of epoxide rings is 1. The van der Waals surface area contributed by atoms with E-state index in [1.807, 2.05) is 13.8 Å². The SMILES string of the molecule is CCC1(CC)OC1S(=O)(=O)c1ccccc1. The van der Waals surface area contributed by atoms with Crippen molar-refractivity contribution < 1.29 is 13.2 Å². The highest BCUT2D eigenvalue weighted by molar-refractivity contribution is 7.92. The first kappa shape index (κ1) is 11.6. The second kappa shape index (κ2) is 3.86. The normalized spacial score (nSPS) is 23.0. The van der Waals surface area contributed by atoms with E-state index in [9.17, 15) is 8.42 Å². The van der Waals surface area contributed by atoms with Crippen LogP contribution in [0.4, 0.5) is 0 Å². The molecule has 0 aliphatic carbocycles. The fourth-order valence-corrected chi connectivity index (χ4v) is 4.01. The molecule has 0 aromatic heterocycles. The van der Waals surface area contributed by atoms with Crippen molar-refractivity contribution in [1.82, 2.24) is 0 Å². The Balaban J connectivity index is 2.30. The van der Waals surface area contributed by atoms with Gasteiger partial charge in [0.1, 0.15) is 5.60 Å². The average Bonchev–Trinajstić information content (AvgIpc) is 3.06. The molecule has 0 bridgehead atoms. The van der Waals surface area contributed by atoms with Crippen molar-refractivity contribution in [3.05, 3.63) is 30.3 Å². The van der Waals surface area contributed by atoms with Crippen LogP contribution in [-0.4, -0.2) is 19.5 Å². The molecular formula is C12H16O3S. The zero-order chi connectivity index (χ0) is 11.8. The summed E-state index contributed by atoms with van der Waals surface area (Å²) >= 11 is 0. The van der Waals surface area contributed by atoms with E-state index in [1.54, 1.807) is 30.3 Å². The summed E-state index contributed by atoms with van der Waals surface area (Å²) in [7, 11) is -3.32. The smallest absolute Gasteiger partial charge is 0.208 e. The maximum Gasteiger partial charge on any atom is 0.208 e. The first-order valence-electron chi connectivity index (χ1n) is 5.53. The van der Waals surface area contributed by atoms with Gasteiger partial charge >= 0.3 is 0 Å². The quantitative estimate of drug-likeness (QED) is 0.759. The Morgan fingerprint density at radius 2 is 1.75 bits per heavy atom. The van der Waals surface area contributed by atoms with Crippen LogP contribution in [0.2, 0.25) is 0 Å². The Labute approximate surface area is 96.4 Å². The van der Waals surface area contributed by atoms with Gasteiger partial charge in [0, 0.05) is 0 Å². The maximum absolute atomic E-state index is 12.2. The minimum Gasteiger partial charge on any atom is -0.349 e. The Morgan fingerprint density at radius 3 is 2.19 bits per heavy atom. The predicted octanol–water partition coefficient (Wildman–Crippen LogP) is 2.38. The highest BCUT2D eigenvalue weighted by Gasteiger charge is 2.61. The molecule has 88 valence electrons. The highest BCUT2D eigenvalue weighted by atomic mass is 32.2. The zero-order valence-electron chi connectivity index (χ0n) is 9.51. The molecule has 1 atom stereocenters. The molecule has 1 aliphatic rings. The van der Waals surface area contributed by atoms with E-state index in [4.69, 9.17) is 4.74 Å². The van der Waals surface area contributed by atoms with Gasteiger partial charge in [-0.1, -0.05) is 32.0 Å². The van der Waals surface area contributed by atoms with Crippen molar-refractivity contribution in [1.29, 1.82) is 0 Å². The van der Waals surface area contributed by atoms with Crippen LogP contribution in [0.25, 0.3) is 0 Å². The molecule has 3 nitrogen and oxygen atoms in total. The lowest BCUT2D eigenvalue weighted by Gasteiger charge is -2.06. The first-order chi connectivity index (χ1) is 7.57. The van der Waals surface area contributed by atoms with Gasteiger partial charge in [-0.2, -0.15) is 0 Å². The number of benzene rings is 1. The third kappa shape index (κ3) is 1.66. The largest absolute Gasteiger partial charge is 0.349 e. The molecule has 0 amide bonds. The number of hydrogen-bond acceptors (Lipinski definition) is 3. The van der Waals surface area contributed by atoms with E-state index >= 15 is 0 Å². The third-order valence-electron chi connectivity index (χ3n) is 3.26. The van der Waals surface area contributed by atoms with Gasteiger partial charge in [-0.15, -0.1) is 0 Å². The maximum atomic E-state index is 12.2. The zero-order valence-corrected chi connectivity index (χ0v) is 10.3. The molecular weight excluding hydrogens is 224 g/mol. The van der Waals surface area contributed by atoms with Gasteiger partial charge in [-0.3, -0.25) is 0 Å². The van der Waals surface area contributed by atoms with E-state index in [0.717, 1.165) is 12.8 Å². The molecule has 1 saturated heterocycles. The average molecular weight is 240 g/mol. The van der Waals surface area contributed by atoms with E-state index < -0.39 is 20.9 Å². The van der Waals surface area contributed by atoms with Crippen LogP contribution < -0.4 is 0 Å². The number of sulfone groups is 1. The molecule has 1 aromatic rings. The van der Waals surface area contributed by atoms with Gasteiger partial charge in [-0.25, -0.2) is 8.42 Å². The summed E-state index contributed by atoms with van der Waals surface area (Å²) in [5, 5.41) is 0. The minimum atomic E-state index is -3.32. The van der Waals surface area contributed by atoms with Crippen molar-refractivity contribution in [2.45, 2.75) is 42.6 Å². The summed E-state index contributed by atoms with van der Waals surface area (Å²) in [5.41, 5.74) is -1.10. The fraction of sp³-hybridized carbons (Fsp3) is 0.500. The van der Waals surface area contributed by atoms with Crippen LogP contribution in [0.15, 0.2) is 35.2 Å². The summed E-state index contributed by atoms with van der Waals surface area (Å²) in [6.07, 6.45) is 1.47. The Bertz CT molecular complexity index is 460. The van der Waals surface area contributed by atoms with E-state index in [-0.39, 0.29) is 0 Å². The molecule has 0 N–H and O–H groups in total. The Kier molecular flexibility index (Phi) is 2.80. The summed E-state index contributed by atoms with van der Waals surface area (Å²) in [6.45, 7) is 3.92. The molecule has 2 rings (SSSR count). The molecule has 0 spiro atoms. The minimum absolute atomic E-state index is 0.351. The van der Waals surface area contributed by atoms with Crippen molar-refractivity contribution in [2.75, 3.05) is 0 Å². The second-order valence-corrected chi connectivity index (χ2v) is 6.07. The molecule has 1 aromatic carbocycles. The molecule has 1 aliphatic heterocycles. The monoisotopic (exact) mass is 240 g/mol. The summed E-state index contributed by atoms with van der Waals surface area (Å²) in [6, 6.07) is 8.50. The third-order valence-corrected chi connectivity index (χ3v) is 5.28. The van der Waals surface area contributed by atoms with Gasteiger partial charge in [0.25, 0.3) is 0 Å². The lowest BCUT2D eigenvalue weighted by molar-refractivity contribution is 0.286. The van der Waals surface area contributed by atoms with Crippen molar-refractivity contribution >= 4 is 9.84 Å². The highest BCUT2D eigenvalue weighted by Crippen LogP contribution is 2.47. The standard InChI is InChI=1S/C12H16O3S/c1-3-12(4-2)11(15-12)16(13,14)10-8-6-5-7-9-10/h5-9,11H,3-4H2,1-2H3. The molecule has 4 heteroatoms. The van der Waals surface area contributed by atoms with E-state index in [1.165, 1.54) is 0 Å². The summed E-state index contributed by atoms with van der Waals surface area (Å²) in [4.78, 5) is 0.351. The number of rotatable bonds is 4. The lowest BCUT2D eigenvalue weighted by Crippen LogP contribution is -2.20. The molecule has 0 radical (unpaired) electrons. The number of hydrogen-bond donors (Lipinski definition) is 0. The Hall–Kier alpha value is -0.870. The molecule has 1 unspecified atom stereocenters. The Morgan fingerprint density at radius 1 is 1.19 bits per heavy atom. The fourth-order valence-electron chi connectivity index (χ4n) is 2.01. The van der Waals surface area contributed by atoms with E-state index in [2.05, 4.69) is 0 Å². The van der Waals surface area contributed by atoms with Crippen LogP contribution in [-0.2, 0) is 14.6 Å². The van der Waals surface area contributed by atoms with Gasteiger partial charge < -0.3 is 4.74 Å². The van der Waals surface area contributed by atoms with Crippen molar-refractivity contribution in [3.63, 3.8) is 0 Å². The van der Waals surface area contributed by atoms with Crippen LogP contribution >= 0.6 is 0 Å². The molecule has 1 heterocycles. The van der Waals surface area contributed by atoms with Crippen LogP contribution in [0.1, 0.15) is 26.7 Å².